The molecule has 1 amide bonds. The van der Waals surface area contributed by atoms with Crippen LogP contribution >= 0.6 is 11.6 Å². The Morgan fingerprint density at radius 2 is 1.36 bits per heavy atom. The van der Waals surface area contributed by atoms with E-state index in [2.05, 4.69) is 0 Å². The third-order valence-electron chi connectivity index (χ3n) is 6.24. The molecule has 0 radical (unpaired) electrons. The highest BCUT2D eigenvalue weighted by molar-refractivity contribution is 7.89. The van der Waals surface area contributed by atoms with Crippen LogP contribution in [-0.4, -0.2) is 37.2 Å². The van der Waals surface area contributed by atoms with Crippen LogP contribution in [0.2, 0.25) is 5.02 Å². The summed E-state index contributed by atoms with van der Waals surface area (Å²) >= 11 is 5.94. The van der Waals surface area contributed by atoms with E-state index in [9.17, 15) is 13.2 Å². The van der Waals surface area contributed by atoms with Crippen molar-refractivity contribution in [1.82, 2.24) is 9.21 Å². The van der Waals surface area contributed by atoms with Crippen LogP contribution in [-0.2, 0) is 29.7 Å². The largest absolute Gasteiger partial charge is 0.494 e. The van der Waals surface area contributed by atoms with E-state index in [4.69, 9.17) is 16.3 Å². The van der Waals surface area contributed by atoms with Crippen molar-refractivity contribution >= 4 is 27.5 Å². The molecule has 0 unspecified atom stereocenters. The van der Waals surface area contributed by atoms with Gasteiger partial charge in [-0.25, -0.2) is 8.42 Å². The second-order valence-corrected chi connectivity index (χ2v) is 11.6. The van der Waals surface area contributed by atoms with Crippen molar-refractivity contribution in [1.29, 1.82) is 0 Å². The molecule has 4 aromatic rings. The smallest absolute Gasteiger partial charge is 0.254 e. The number of sulfonamides is 1. The van der Waals surface area contributed by atoms with Crippen molar-refractivity contribution < 1.29 is 17.9 Å². The number of carbonyl (C=O) groups excluding carboxylic acids is 1. The summed E-state index contributed by atoms with van der Waals surface area (Å²) in [5, 5.41) is 0.456. The zero-order chi connectivity index (χ0) is 27.8. The number of nitrogens with zero attached hydrogens (tertiary/aromatic N) is 2. The van der Waals surface area contributed by atoms with Gasteiger partial charge in [-0.3, -0.25) is 4.79 Å². The number of hydrogen-bond donors (Lipinski definition) is 0. The molecule has 0 aliphatic rings. The van der Waals surface area contributed by atoms with Crippen LogP contribution < -0.4 is 4.74 Å². The molecular weight excluding hydrogens is 532 g/mol. The standard InChI is InChI=1S/C31H31ClN2O4S/c1-3-38-30-19-14-26(20-27(30)23-33(2)39(36,37)29-17-15-28(32)16-18-29)31(35)34(21-24-10-6-4-7-11-24)22-25-12-8-5-9-13-25/h4-20H,3,21-23H2,1-2H3. The van der Waals surface area contributed by atoms with Crippen LogP contribution in [0.25, 0.3) is 0 Å². The average Bonchev–Trinajstić information content (AvgIpc) is 2.94. The van der Waals surface area contributed by atoms with Crippen LogP contribution in [0, 0.1) is 0 Å². The molecule has 0 aliphatic heterocycles. The number of hydrogen-bond acceptors (Lipinski definition) is 4. The van der Waals surface area contributed by atoms with E-state index in [1.807, 2.05) is 67.6 Å². The van der Waals surface area contributed by atoms with Crippen LogP contribution in [0.1, 0.15) is 34.0 Å². The fourth-order valence-electron chi connectivity index (χ4n) is 4.23. The Balaban J connectivity index is 1.64. The van der Waals surface area contributed by atoms with Crippen molar-refractivity contribution in [3.05, 3.63) is 130 Å². The number of ether oxygens (including phenoxy) is 1. The van der Waals surface area contributed by atoms with Gasteiger partial charge in [0.05, 0.1) is 11.5 Å². The minimum Gasteiger partial charge on any atom is -0.494 e. The molecule has 0 spiro atoms. The zero-order valence-corrected chi connectivity index (χ0v) is 23.5. The van der Waals surface area contributed by atoms with Crippen LogP contribution in [0.5, 0.6) is 5.75 Å². The Bertz CT molecular complexity index is 1450. The van der Waals surface area contributed by atoms with Gasteiger partial charge in [0.2, 0.25) is 10.0 Å². The van der Waals surface area contributed by atoms with E-state index in [0.717, 1.165) is 11.1 Å². The molecule has 0 fully saturated rings. The molecule has 0 saturated heterocycles. The summed E-state index contributed by atoms with van der Waals surface area (Å²) < 4.78 is 33.5. The fraction of sp³-hybridized carbons (Fsp3) is 0.194. The van der Waals surface area contributed by atoms with Gasteiger partial charge in [0.1, 0.15) is 5.75 Å². The van der Waals surface area contributed by atoms with Crippen LogP contribution in [0.15, 0.2) is 108 Å². The second kappa shape index (κ2) is 12.9. The molecule has 4 aromatic carbocycles. The highest BCUT2D eigenvalue weighted by Crippen LogP contribution is 2.26. The van der Waals surface area contributed by atoms with Gasteiger partial charge < -0.3 is 9.64 Å². The van der Waals surface area contributed by atoms with Gasteiger partial charge in [-0.05, 0) is 60.5 Å². The molecule has 0 heterocycles. The minimum atomic E-state index is -3.79. The zero-order valence-electron chi connectivity index (χ0n) is 22.0. The molecule has 0 atom stereocenters. The first-order chi connectivity index (χ1) is 18.8. The van der Waals surface area contributed by atoms with E-state index in [-0.39, 0.29) is 17.3 Å². The third-order valence-corrected chi connectivity index (χ3v) is 8.31. The SMILES string of the molecule is CCOc1ccc(C(=O)N(Cc2ccccc2)Cc2ccccc2)cc1CN(C)S(=O)(=O)c1ccc(Cl)cc1. The lowest BCUT2D eigenvalue weighted by Crippen LogP contribution is -2.30. The summed E-state index contributed by atoms with van der Waals surface area (Å²) in [6, 6.07) is 30.9. The first kappa shape index (κ1) is 28.4. The molecule has 202 valence electrons. The Labute approximate surface area is 235 Å². The van der Waals surface area contributed by atoms with Crippen LogP contribution in [0.4, 0.5) is 0 Å². The average molecular weight is 563 g/mol. The Kier molecular flexibility index (Phi) is 9.41. The maximum atomic E-state index is 13.9. The minimum absolute atomic E-state index is 0.0266. The maximum Gasteiger partial charge on any atom is 0.254 e. The summed E-state index contributed by atoms with van der Waals surface area (Å²) in [6.07, 6.45) is 0. The molecule has 0 aliphatic carbocycles. The number of carbonyl (C=O) groups is 1. The van der Waals surface area contributed by atoms with Crippen molar-refractivity contribution in [2.75, 3.05) is 13.7 Å². The van der Waals surface area contributed by atoms with E-state index in [1.165, 1.54) is 23.5 Å². The molecular formula is C31H31ClN2O4S. The van der Waals surface area contributed by atoms with Gasteiger partial charge in [0, 0.05) is 42.8 Å². The maximum absolute atomic E-state index is 13.9. The molecule has 8 heteroatoms. The number of rotatable bonds is 11. The molecule has 0 N–H and O–H groups in total. The Morgan fingerprint density at radius 3 is 1.90 bits per heavy atom. The van der Waals surface area contributed by atoms with E-state index in [0.29, 0.717) is 41.6 Å². The Morgan fingerprint density at radius 1 is 0.795 bits per heavy atom. The van der Waals surface area contributed by atoms with Gasteiger partial charge in [-0.2, -0.15) is 4.31 Å². The predicted molar refractivity (Wildman–Crippen MR) is 154 cm³/mol. The van der Waals surface area contributed by atoms with E-state index >= 15 is 0 Å². The quantitative estimate of drug-likeness (QED) is 0.212. The molecule has 39 heavy (non-hydrogen) atoms. The predicted octanol–water partition coefficient (Wildman–Crippen LogP) is 6.40. The molecule has 0 saturated carbocycles. The number of halogens is 1. The highest BCUT2D eigenvalue weighted by Gasteiger charge is 2.24. The molecule has 0 bridgehead atoms. The lowest BCUT2D eigenvalue weighted by molar-refractivity contribution is 0.0730. The van der Waals surface area contributed by atoms with E-state index in [1.54, 1.807) is 35.2 Å². The van der Waals surface area contributed by atoms with Gasteiger partial charge in [-0.1, -0.05) is 72.3 Å². The summed E-state index contributed by atoms with van der Waals surface area (Å²) in [5.74, 6) is 0.375. The normalized spacial score (nSPS) is 11.4. The first-order valence-electron chi connectivity index (χ1n) is 12.6. The summed E-state index contributed by atoms with van der Waals surface area (Å²) in [6.45, 7) is 3.16. The third kappa shape index (κ3) is 7.26. The van der Waals surface area contributed by atoms with Crippen molar-refractivity contribution in [3.8, 4) is 5.75 Å². The van der Waals surface area contributed by atoms with Gasteiger partial charge in [0.15, 0.2) is 0 Å². The molecule has 6 nitrogen and oxygen atoms in total. The van der Waals surface area contributed by atoms with Crippen molar-refractivity contribution in [2.45, 2.75) is 31.5 Å². The van der Waals surface area contributed by atoms with Crippen molar-refractivity contribution in [3.63, 3.8) is 0 Å². The number of amides is 1. The fourth-order valence-corrected chi connectivity index (χ4v) is 5.51. The number of benzene rings is 4. The van der Waals surface area contributed by atoms with Gasteiger partial charge >= 0.3 is 0 Å². The van der Waals surface area contributed by atoms with Gasteiger partial charge in [0.25, 0.3) is 5.91 Å². The summed E-state index contributed by atoms with van der Waals surface area (Å²) in [4.78, 5) is 15.8. The van der Waals surface area contributed by atoms with Crippen LogP contribution in [0.3, 0.4) is 0 Å². The molecule has 4 rings (SSSR count). The lowest BCUT2D eigenvalue weighted by Gasteiger charge is -2.24. The molecule has 0 aromatic heterocycles. The summed E-state index contributed by atoms with van der Waals surface area (Å²) in [5.41, 5.74) is 3.09. The second-order valence-electron chi connectivity index (χ2n) is 9.10. The van der Waals surface area contributed by atoms with Gasteiger partial charge in [-0.15, -0.1) is 0 Å². The summed E-state index contributed by atoms with van der Waals surface area (Å²) in [7, 11) is -2.29. The Hall–Kier alpha value is -3.65. The first-order valence-corrected chi connectivity index (χ1v) is 14.4. The highest BCUT2D eigenvalue weighted by atomic mass is 35.5. The van der Waals surface area contributed by atoms with Crippen molar-refractivity contribution in [2.24, 2.45) is 0 Å². The monoisotopic (exact) mass is 562 g/mol. The van der Waals surface area contributed by atoms with E-state index < -0.39 is 10.0 Å². The lowest BCUT2D eigenvalue weighted by atomic mass is 10.1. The topological polar surface area (TPSA) is 66.9 Å².